The smallest absolute Gasteiger partial charge is 0.0716 e. The molecule has 0 amide bonds. The molecule has 0 bridgehead atoms. The van der Waals surface area contributed by atoms with Crippen LogP contribution in [0.3, 0.4) is 0 Å². The predicted molar refractivity (Wildman–Crippen MR) is 124 cm³/mol. The molecule has 0 radical (unpaired) electrons. The van der Waals surface area contributed by atoms with Gasteiger partial charge in [0.25, 0.3) is 0 Å². The van der Waals surface area contributed by atoms with Gasteiger partial charge >= 0.3 is 0 Å². The van der Waals surface area contributed by atoms with Crippen molar-refractivity contribution >= 4 is 0 Å². The first kappa shape index (κ1) is 18.0. The first-order valence-corrected chi connectivity index (χ1v) is 10.0. The first-order valence-electron chi connectivity index (χ1n) is 10.0. The summed E-state index contributed by atoms with van der Waals surface area (Å²) >= 11 is 0. The van der Waals surface area contributed by atoms with Crippen molar-refractivity contribution in [2.75, 3.05) is 0 Å². The van der Waals surface area contributed by atoms with Crippen molar-refractivity contribution in [2.24, 2.45) is 0 Å². The molecule has 5 aromatic rings. The summed E-state index contributed by atoms with van der Waals surface area (Å²) in [6, 6.07) is 41.2. The van der Waals surface area contributed by atoms with Crippen LogP contribution in [0, 0.1) is 0 Å². The van der Waals surface area contributed by atoms with Gasteiger partial charge in [0.1, 0.15) is 0 Å². The van der Waals surface area contributed by atoms with Gasteiger partial charge in [0.05, 0.1) is 22.8 Å². The summed E-state index contributed by atoms with van der Waals surface area (Å²) < 4.78 is 0. The van der Waals surface area contributed by atoms with E-state index in [1.807, 2.05) is 36.4 Å². The van der Waals surface area contributed by atoms with Crippen molar-refractivity contribution in [1.82, 2.24) is 9.97 Å². The molecule has 142 valence electrons. The van der Waals surface area contributed by atoms with E-state index in [9.17, 15) is 0 Å². The molecule has 2 heterocycles. The van der Waals surface area contributed by atoms with E-state index in [4.69, 9.17) is 9.97 Å². The minimum Gasteiger partial charge on any atom is -0.248 e. The second-order valence-corrected chi connectivity index (χ2v) is 7.09. The molecule has 0 spiro atoms. The molecule has 0 fully saturated rings. The van der Waals surface area contributed by atoms with Crippen LogP contribution >= 0.6 is 0 Å². The Hall–Kier alpha value is -4.04. The van der Waals surface area contributed by atoms with Crippen molar-refractivity contribution in [3.8, 4) is 45.0 Å². The van der Waals surface area contributed by atoms with E-state index in [0.717, 1.165) is 45.0 Å². The van der Waals surface area contributed by atoms with Crippen LogP contribution in [0.2, 0.25) is 0 Å². The lowest BCUT2D eigenvalue weighted by molar-refractivity contribution is 1.30. The summed E-state index contributed by atoms with van der Waals surface area (Å²) in [4.78, 5) is 9.90. The normalized spacial score (nSPS) is 10.7. The van der Waals surface area contributed by atoms with Crippen LogP contribution in [0.25, 0.3) is 45.0 Å². The second kappa shape index (κ2) is 8.14. The number of rotatable bonds is 4. The van der Waals surface area contributed by atoms with Gasteiger partial charge in [-0.05, 0) is 24.3 Å². The van der Waals surface area contributed by atoms with Gasteiger partial charge < -0.3 is 0 Å². The Labute approximate surface area is 176 Å². The zero-order valence-electron chi connectivity index (χ0n) is 16.4. The Morgan fingerprint density at radius 1 is 0.300 bits per heavy atom. The monoisotopic (exact) mass is 384 g/mol. The summed E-state index contributed by atoms with van der Waals surface area (Å²) in [7, 11) is 0. The fourth-order valence-corrected chi connectivity index (χ4v) is 3.64. The molecule has 30 heavy (non-hydrogen) atoms. The van der Waals surface area contributed by atoms with E-state index in [0.29, 0.717) is 0 Å². The van der Waals surface area contributed by atoms with Gasteiger partial charge in [0.2, 0.25) is 0 Å². The van der Waals surface area contributed by atoms with E-state index in [1.165, 1.54) is 0 Å². The highest BCUT2D eigenvalue weighted by atomic mass is 14.7. The fourth-order valence-electron chi connectivity index (χ4n) is 3.64. The van der Waals surface area contributed by atoms with E-state index in [-0.39, 0.29) is 0 Å². The Morgan fingerprint density at radius 2 is 0.667 bits per heavy atom. The molecule has 3 aromatic carbocycles. The number of hydrogen-bond donors (Lipinski definition) is 0. The second-order valence-electron chi connectivity index (χ2n) is 7.09. The molecule has 2 heteroatoms. The fraction of sp³-hybridized carbons (Fsp3) is 0. The van der Waals surface area contributed by atoms with E-state index < -0.39 is 0 Å². The molecule has 2 aromatic heterocycles. The molecule has 0 saturated carbocycles. The zero-order chi connectivity index (χ0) is 20.2. The molecule has 0 aliphatic heterocycles. The maximum atomic E-state index is 4.95. The summed E-state index contributed by atoms with van der Waals surface area (Å²) in [6.45, 7) is 0. The number of benzene rings is 3. The van der Waals surface area contributed by atoms with Crippen LogP contribution in [0.5, 0.6) is 0 Å². The number of nitrogens with zero attached hydrogens (tertiary/aromatic N) is 2. The van der Waals surface area contributed by atoms with Crippen LogP contribution < -0.4 is 0 Å². The SMILES string of the molecule is c1ccc(-c2cccc(-c3ccccc3-c3cccc(-c4ccccc4)n3)n2)cc1. The lowest BCUT2D eigenvalue weighted by Crippen LogP contribution is -1.93. The standard InChI is InChI=1S/C28H20N2/c1-3-11-21(12-4-1)25-17-9-19-27(29-25)23-15-7-8-16-24(23)28-20-10-18-26(30-28)22-13-5-2-6-14-22/h1-20H. The summed E-state index contributed by atoms with van der Waals surface area (Å²) in [5.74, 6) is 0. The van der Waals surface area contributed by atoms with Gasteiger partial charge in [-0.25, -0.2) is 9.97 Å². The topological polar surface area (TPSA) is 25.8 Å². The largest absolute Gasteiger partial charge is 0.248 e. The van der Waals surface area contributed by atoms with Crippen molar-refractivity contribution < 1.29 is 0 Å². The van der Waals surface area contributed by atoms with Crippen molar-refractivity contribution in [1.29, 1.82) is 0 Å². The highest BCUT2D eigenvalue weighted by Crippen LogP contribution is 2.32. The van der Waals surface area contributed by atoms with Gasteiger partial charge in [-0.2, -0.15) is 0 Å². The van der Waals surface area contributed by atoms with Gasteiger partial charge in [-0.1, -0.05) is 97.1 Å². The molecule has 5 rings (SSSR count). The maximum absolute atomic E-state index is 4.95. The zero-order valence-corrected chi connectivity index (χ0v) is 16.4. The van der Waals surface area contributed by atoms with Crippen LogP contribution in [0.15, 0.2) is 121 Å². The van der Waals surface area contributed by atoms with E-state index >= 15 is 0 Å². The molecular weight excluding hydrogens is 364 g/mol. The van der Waals surface area contributed by atoms with Crippen LogP contribution in [0.1, 0.15) is 0 Å². The molecular formula is C28H20N2. The van der Waals surface area contributed by atoms with E-state index in [1.54, 1.807) is 0 Å². The molecule has 0 atom stereocenters. The number of pyridine rings is 2. The van der Waals surface area contributed by atoms with Gasteiger partial charge in [-0.3, -0.25) is 0 Å². The Bertz CT molecular complexity index is 1180. The van der Waals surface area contributed by atoms with Crippen LogP contribution in [-0.4, -0.2) is 9.97 Å². The highest BCUT2D eigenvalue weighted by molar-refractivity contribution is 5.81. The van der Waals surface area contributed by atoms with Crippen molar-refractivity contribution in [3.05, 3.63) is 121 Å². The third-order valence-electron chi connectivity index (χ3n) is 5.12. The number of hydrogen-bond acceptors (Lipinski definition) is 2. The van der Waals surface area contributed by atoms with Gasteiger partial charge in [0.15, 0.2) is 0 Å². The molecule has 0 unspecified atom stereocenters. The Kier molecular flexibility index (Phi) is 4.89. The molecule has 2 nitrogen and oxygen atoms in total. The molecule has 0 saturated heterocycles. The van der Waals surface area contributed by atoms with Crippen molar-refractivity contribution in [3.63, 3.8) is 0 Å². The Morgan fingerprint density at radius 3 is 1.10 bits per heavy atom. The minimum absolute atomic E-state index is 0.943. The third-order valence-corrected chi connectivity index (χ3v) is 5.12. The number of aromatic nitrogens is 2. The van der Waals surface area contributed by atoms with Gasteiger partial charge in [0, 0.05) is 22.3 Å². The third kappa shape index (κ3) is 3.63. The van der Waals surface area contributed by atoms with Crippen LogP contribution in [0.4, 0.5) is 0 Å². The lowest BCUT2D eigenvalue weighted by atomic mass is 9.99. The lowest BCUT2D eigenvalue weighted by Gasteiger charge is -2.11. The molecule has 0 N–H and O–H groups in total. The Balaban J connectivity index is 1.60. The predicted octanol–water partition coefficient (Wildman–Crippen LogP) is 7.14. The van der Waals surface area contributed by atoms with E-state index in [2.05, 4.69) is 84.9 Å². The average Bonchev–Trinajstić information content (AvgIpc) is 2.85. The summed E-state index contributed by atoms with van der Waals surface area (Å²) in [5, 5.41) is 0. The first-order chi connectivity index (χ1) is 14.9. The van der Waals surface area contributed by atoms with Crippen molar-refractivity contribution in [2.45, 2.75) is 0 Å². The summed E-state index contributed by atoms with van der Waals surface area (Å²) in [5.41, 5.74) is 8.20. The minimum atomic E-state index is 0.943. The highest BCUT2D eigenvalue weighted by Gasteiger charge is 2.11. The summed E-state index contributed by atoms with van der Waals surface area (Å²) in [6.07, 6.45) is 0. The average molecular weight is 384 g/mol. The molecule has 0 aliphatic carbocycles. The van der Waals surface area contributed by atoms with Crippen LogP contribution in [-0.2, 0) is 0 Å². The molecule has 0 aliphatic rings. The maximum Gasteiger partial charge on any atom is 0.0716 e. The van der Waals surface area contributed by atoms with Gasteiger partial charge in [-0.15, -0.1) is 0 Å². The quantitative estimate of drug-likeness (QED) is 0.329.